The lowest BCUT2D eigenvalue weighted by molar-refractivity contribution is 0.539. The minimum Gasteiger partial charge on any atom is -0.245 e. The fourth-order valence-electron chi connectivity index (χ4n) is 2.89. The van der Waals surface area contributed by atoms with Gasteiger partial charge in [-0.2, -0.15) is 5.26 Å². The predicted octanol–water partition coefficient (Wildman–Crippen LogP) is 4.38. The molecular weight excluding hydrogens is 318 g/mol. The maximum Gasteiger partial charge on any atom is 0.115 e. The number of benzene rings is 2. The summed E-state index contributed by atoms with van der Waals surface area (Å²) in [4.78, 5) is 8.15. The monoisotopic (exact) mass is 333 g/mol. The van der Waals surface area contributed by atoms with Crippen LogP contribution in [0.3, 0.4) is 0 Å². The van der Waals surface area contributed by atoms with E-state index in [-0.39, 0.29) is 0 Å². The molecule has 0 aliphatic heterocycles. The lowest BCUT2D eigenvalue weighted by atomic mass is 9.73. The molecule has 3 aromatic rings. The zero-order valence-corrected chi connectivity index (χ0v) is 13.8. The van der Waals surface area contributed by atoms with Crippen molar-refractivity contribution in [1.82, 2.24) is 9.97 Å². The highest BCUT2D eigenvalue weighted by Crippen LogP contribution is 2.32. The quantitative estimate of drug-likeness (QED) is 0.696. The Bertz CT molecular complexity index is 826. The van der Waals surface area contributed by atoms with E-state index >= 15 is 0 Å². The zero-order valence-electron chi connectivity index (χ0n) is 13.1. The summed E-state index contributed by atoms with van der Waals surface area (Å²) >= 11 is 5.98. The fraction of sp³-hybridized carbons (Fsp3) is 0.150. The number of hydrogen-bond donors (Lipinski definition) is 0. The normalized spacial score (nSPS) is 13.0. The summed E-state index contributed by atoms with van der Waals surface area (Å²) < 4.78 is 0. The molecule has 1 atom stereocenters. The van der Waals surface area contributed by atoms with Gasteiger partial charge in [-0.05, 0) is 41.7 Å². The van der Waals surface area contributed by atoms with Crippen LogP contribution in [0.4, 0.5) is 0 Å². The van der Waals surface area contributed by atoms with Crippen molar-refractivity contribution in [3.05, 3.63) is 95.0 Å². The van der Waals surface area contributed by atoms with Crippen molar-refractivity contribution < 1.29 is 0 Å². The van der Waals surface area contributed by atoms with Gasteiger partial charge in [0.05, 0.1) is 11.5 Å². The Labute approximate surface area is 146 Å². The van der Waals surface area contributed by atoms with Gasteiger partial charge in [0.2, 0.25) is 0 Å². The van der Waals surface area contributed by atoms with Gasteiger partial charge in [-0.3, -0.25) is 0 Å². The van der Waals surface area contributed by atoms with Gasteiger partial charge in [-0.1, -0.05) is 54.1 Å². The summed E-state index contributed by atoms with van der Waals surface area (Å²) in [5.74, 6) is 0. The van der Waals surface area contributed by atoms with Gasteiger partial charge in [0.15, 0.2) is 0 Å². The van der Waals surface area contributed by atoms with Crippen LogP contribution in [-0.2, 0) is 18.3 Å². The van der Waals surface area contributed by atoms with E-state index in [0.29, 0.717) is 17.9 Å². The Morgan fingerprint density at radius 2 is 1.50 bits per heavy atom. The standard InChI is InChI=1S/C20H16ClN3/c21-19-8-6-16(7-9-19)10-20(14-22,18-4-2-1-3-5-18)11-17-12-23-15-24-13-17/h1-9,12-13,15H,10-11H2. The Morgan fingerprint density at radius 1 is 0.875 bits per heavy atom. The van der Waals surface area contributed by atoms with E-state index in [1.165, 1.54) is 6.33 Å². The van der Waals surface area contributed by atoms with Crippen molar-refractivity contribution >= 4 is 11.6 Å². The summed E-state index contributed by atoms with van der Waals surface area (Å²) in [6.45, 7) is 0. The number of hydrogen-bond acceptors (Lipinski definition) is 3. The first-order valence-electron chi connectivity index (χ1n) is 7.67. The van der Waals surface area contributed by atoms with E-state index in [1.54, 1.807) is 12.4 Å². The topological polar surface area (TPSA) is 49.6 Å². The van der Waals surface area contributed by atoms with E-state index in [9.17, 15) is 5.26 Å². The van der Waals surface area contributed by atoms with Crippen molar-refractivity contribution in [3.8, 4) is 6.07 Å². The molecule has 0 amide bonds. The van der Waals surface area contributed by atoms with E-state index in [2.05, 4.69) is 16.0 Å². The first kappa shape index (κ1) is 16.2. The molecule has 0 N–H and O–H groups in total. The predicted molar refractivity (Wildman–Crippen MR) is 94.6 cm³/mol. The fourth-order valence-corrected chi connectivity index (χ4v) is 3.01. The second-order valence-corrected chi connectivity index (χ2v) is 6.22. The number of nitrogens with zero attached hydrogens (tertiary/aromatic N) is 3. The Kier molecular flexibility index (Phi) is 4.88. The minimum absolute atomic E-state index is 0.553. The van der Waals surface area contributed by atoms with Crippen molar-refractivity contribution in [3.63, 3.8) is 0 Å². The first-order valence-corrected chi connectivity index (χ1v) is 8.05. The third kappa shape index (κ3) is 3.61. The molecule has 0 bridgehead atoms. The highest BCUT2D eigenvalue weighted by atomic mass is 35.5. The summed E-state index contributed by atoms with van der Waals surface area (Å²) in [7, 11) is 0. The molecule has 0 saturated carbocycles. The van der Waals surface area contributed by atoms with Crippen molar-refractivity contribution in [2.24, 2.45) is 0 Å². The molecule has 118 valence electrons. The van der Waals surface area contributed by atoms with Gasteiger partial charge < -0.3 is 0 Å². The van der Waals surface area contributed by atoms with Crippen LogP contribution in [0.5, 0.6) is 0 Å². The highest BCUT2D eigenvalue weighted by molar-refractivity contribution is 6.30. The molecule has 0 spiro atoms. The molecule has 0 aliphatic carbocycles. The average Bonchev–Trinajstić information content (AvgIpc) is 2.64. The van der Waals surface area contributed by atoms with Gasteiger partial charge in [0, 0.05) is 17.4 Å². The van der Waals surface area contributed by atoms with E-state index in [0.717, 1.165) is 16.7 Å². The number of aromatic nitrogens is 2. The molecule has 0 aliphatic rings. The largest absolute Gasteiger partial charge is 0.245 e. The third-order valence-corrected chi connectivity index (χ3v) is 4.33. The summed E-state index contributed by atoms with van der Waals surface area (Å²) in [5, 5.41) is 10.8. The summed E-state index contributed by atoms with van der Waals surface area (Å²) in [5.41, 5.74) is 2.32. The van der Waals surface area contributed by atoms with Crippen LogP contribution in [0, 0.1) is 11.3 Å². The molecule has 3 rings (SSSR count). The molecule has 1 aromatic heterocycles. The summed E-state index contributed by atoms with van der Waals surface area (Å²) in [6.07, 6.45) is 6.18. The zero-order chi connectivity index (χ0) is 16.8. The second kappa shape index (κ2) is 7.25. The number of nitriles is 1. The molecule has 0 radical (unpaired) electrons. The van der Waals surface area contributed by atoms with Crippen molar-refractivity contribution in [1.29, 1.82) is 5.26 Å². The molecular formula is C20H16ClN3. The number of rotatable bonds is 5. The average molecular weight is 334 g/mol. The SMILES string of the molecule is N#CC(Cc1ccc(Cl)cc1)(Cc1cncnc1)c1ccccc1. The molecule has 3 nitrogen and oxygen atoms in total. The first-order chi connectivity index (χ1) is 11.7. The van der Waals surface area contributed by atoms with E-state index < -0.39 is 5.41 Å². The molecule has 4 heteroatoms. The number of halogens is 1. The van der Waals surface area contributed by atoms with Crippen LogP contribution in [0.25, 0.3) is 0 Å². The lowest BCUT2D eigenvalue weighted by Gasteiger charge is -2.27. The van der Waals surface area contributed by atoms with Crippen LogP contribution in [0.1, 0.15) is 16.7 Å². The molecule has 1 heterocycles. The smallest absolute Gasteiger partial charge is 0.115 e. The highest BCUT2D eigenvalue weighted by Gasteiger charge is 2.33. The van der Waals surface area contributed by atoms with Gasteiger partial charge in [-0.15, -0.1) is 0 Å². The second-order valence-electron chi connectivity index (χ2n) is 5.79. The van der Waals surface area contributed by atoms with Crippen LogP contribution in [0.2, 0.25) is 5.02 Å². The van der Waals surface area contributed by atoms with Gasteiger partial charge in [-0.25, -0.2) is 9.97 Å². The van der Waals surface area contributed by atoms with E-state index in [1.807, 2.05) is 54.6 Å². The maximum atomic E-state index is 10.1. The van der Waals surface area contributed by atoms with Crippen LogP contribution in [-0.4, -0.2) is 9.97 Å². The van der Waals surface area contributed by atoms with Crippen LogP contribution in [0.15, 0.2) is 73.3 Å². The van der Waals surface area contributed by atoms with Crippen LogP contribution < -0.4 is 0 Å². The molecule has 24 heavy (non-hydrogen) atoms. The van der Waals surface area contributed by atoms with Crippen molar-refractivity contribution in [2.75, 3.05) is 0 Å². The maximum absolute atomic E-state index is 10.1. The molecule has 2 aromatic carbocycles. The Morgan fingerprint density at radius 3 is 2.12 bits per heavy atom. The van der Waals surface area contributed by atoms with Gasteiger partial charge in [0.1, 0.15) is 6.33 Å². The molecule has 0 saturated heterocycles. The Hall–Kier alpha value is -2.70. The van der Waals surface area contributed by atoms with Gasteiger partial charge in [0.25, 0.3) is 0 Å². The molecule has 1 unspecified atom stereocenters. The molecule has 0 fully saturated rings. The van der Waals surface area contributed by atoms with Gasteiger partial charge >= 0.3 is 0 Å². The van der Waals surface area contributed by atoms with Crippen molar-refractivity contribution in [2.45, 2.75) is 18.3 Å². The van der Waals surface area contributed by atoms with Crippen LogP contribution >= 0.6 is 11.6 Å². The Balaban J connectivity index is 2.02. The minimum atomic E-state index is -0.681. The lowest BCUT2D eigenvalue weighted by Crippen LogP contribution is -2.30. The van der Waals surface area contributed by atoms with E-state index in [4.69, 9.17) is 11.6 Å². The third-order valence-electron chi connectivity index (χ3n) is 4.08. The summed E-state index contributed by atoms with van der Waals surface area (Å²) in [6, 6.07) is 20.1.